The first-order chi connectivity index (χ1) is 16.5. The number of nitrogens with zero attached hydrogens (tertiary/aromatic N) is 4. The van der Waals surface area contributed by atoms with Crippen molar-refractivity contribution in [2.75, 3.05) is 59.5 Å². The molecule has 1 aromatic heterocycles. The van der Waals surface area contributed by atoms with E-state index in [0.29, 0.717) is 64.5 Å². The Balaban J connectivity index is 1.23. The Morgan fingerprint density at radius 2 is 1.59 bits per heavy atom. The minimum atomic E-state index is -0.261. The molecule has 9 nitrogen and oxygen atoms in total. The van der Waals surface area contributed by atoms with Crippen LogP contribution in [0.3, 0.4) is 0 Å². The molecule has 2 aliphatic rings. The Kier molecular flexibility index (Phi) is 7.52. The predicted octanol–water partition coefficient (Wildman–Crippen LogP) is 1.35. The number of ether oxygens (including phenoxy) is 1. The summed E-state index contributed by atoms with van der Waals surface area (Å²) in [5.74, 6) is 1.09. The van der Waals surface area contributed by atoms with E-state index in [4.69, 9.17) is 9.15 Å². The molecule has 1 atom stereocenters. The Bertz CT molecular complexity index is 992. The van der Waals surface area contributed by atoms with E-state index in [0.717, 1.165) is 11.3 Å². The number of amides is 3. The molecule has 9 heteroatoms. The smallest absolute Gasteiger partial charge is 0.289 e. The quantitative estimate of drug-likeness (QED) is 0.636. The Morgan fingerprint density at radius 3 is 2.24 bits per heavy atom. The summed E-state index contributed by atoms with van der Waals surface area (Å²) in [5.41, 5.74) is 0.931. The molecule has 0 bridgehead atoms. The molecule has 1 unspecified atom stereocenters. The van der Waals surface area contributed by atoms with Crippen molar-refractivity contribution in [3.63, 3.8) is 0 Å². The van der Waals surface area contributed by atoms with E-state index in [1.165, 1.54) is 6.26 Å². The van der Waals surface area contributed by atoms with Gasteiger partial charge in [-0.25, -0.2) is 0 Å². The minimum absolute atomic E-state index is 0.0706. The van der Waals surface area contributed by atoms with Gasteiger partial charge in [-0.3, -0.25) is 19.3 Å². The van der Waals surface area contributed by atoms with E-state index in [1.807, 2.05) is 41.0 Å². The van der Waals surface area contributed by atoms with Crippen molar-refractivity contribution in [1.82, 2.24) is 19.6 Å². The molecule has 0 spiro atoms. The van der Waals surface area contributed by atoms with Gasteiger partial charge in [-0.15, -0.1) is 0 Å². The van der Waals surface area contributed by atoms with Crippen molar-refractivity contribution in [3.8, 4) is 5.75 Å². The molecular weight excluding hydrogens is 436 g/mol. The fourth-order valence-corrected chi connectivity index (χ4v) is 4.53. The topological polar surface area (TPSA) is 86.5 Å². The lowest BCUT2D eigenvalue weighted by Gasteiger charge is -2.41. The van der Waals surface area contributed by atoms with E-state index in [1.54, 1.807) is 24.1 Å². The van der Waals surface area contributed by atoms with Crippen molar-refractivity contribution < 1.29 is 23.5 Å². The summed E-state index contributed by atoms with van der Waals surface area (Å²) >= 11 is 0. The number of methoxy groups -OCH3 is 1. The standard InChI is InChI=1S/C25H32N4O5/c1-19(24(31)28-12-14-29(15-13-28)25(32)22-7-4-16-34-22)26-8-10-27(11-9-26)23(30)18-20-5-3-6-21(17-20)33-2/h3-7,16-17,19H,8-15,18H2,1-2H3. The molecule has 34 heavy (non-hydrogen) atoms. The summed E-state index contributed by atoms with van der Waals surface area (Å²) in [5, 5.41) is 0. The van der Waals surface area contributed by atoms with Crippen LogP contribution in [0.25, 0.3) is 0 Å². The van der Waals surface area contributed by atoms with Crippen molar-refractivity contribution in [2.45, 2.75) is 19.4 Å². The van der Waals surface area contributed by atoms with Crippen LogP contribution in [-0.2, 0) is 16.0 Å². The molecule has 0 radical (unpaired) electrons. The van der Waals surface area contributed by atoms with Crippen molar-refractivity contribution in [3.05, 3.63) is 54.0 Å². The van der Waals surface area contributed by atoms with E-state index < -0.39 is 0 Å². The first kappa shape index (κ1) is 23.8. The minimum Gasteiger partial charge on any atom is -0.497 e. The number of benzene rings is 1. The zero-order chi connectivity index (χ0) is 24.1. The SMILES string of the molecule is COc1cccc(CC(=O)N2CCN(C(C)C(=O)N3CCN(C(=O)c4ccco4)CC3)CC2)c1. The lowest BCUT2D eigenvalue weighted by atomic mass is 10.1. The summed E-state index contributed by atoms with van der Waals surface area (Å²) < 4.78 is 10.4. The highest BCUT2D eigenvalue weighted by molar-refractivity contribution is 5.91. The van der Waals surface area contributed by atoms with Gasteiger partial charge < -0.3 is 23.9 Å². The monoisotopic (exact) mass is 468 g/mol. The highest BCUT2D eigenvalue weighted by Gasteiger charge is 2.32. The number of furan rings is 1. The molecule has 0 saturated carbocycles. The molecule has 0 N–H and O–H groups in total. The van der Waals surface area contributed by atoms with Crippen LogP contribution in [-0.4, -0.2) is 103 Å². The van der Waals surface area contributed by atoms with Crippen molar-refractivity contribution in [1.29, 1.82) is 0 Å². The Labute approximate surface area is 199 Å². The van der Waals surface area contributed by atoms with Crippen LogP contribution in [0, 0.1) is 0 Å². The van der Waals surface area contributed by atoms with Gasteiger partial charge >= 0.3 is 0 Å². The van der Waals surface area contributed by atoms with E-state index in [2.05, 4.69) is 4.90 Å². The maximum absolute atomic E-state index is 13.1. The molecule has 2 aromatic rings. The lowest BCUT2D eigenvalue weighted by Crippen LogP contribution is -2.58. The highest BCUT2D eigenvalue weighted by atomic mass is 16.5. The van der Waals surface area contributed by atoms with Crippen molar-refractivity contribution >= 4 is 17.7 Å². The van der Waals surface area contributed by atoms with Gasteiger partial charge in [-0.1, -0.05) is 12.1 Å². The number of hydrogen-bond donors (Lipinski definition) is 0. The highest BCUT2D eigenvalue weighted by Crippen LogP contribution is 2.16. The van der Waals surface area contributed by atoms with Crippen LogP contribution in [0.15, 0.2) is 47.1 Å². The van der Waals surface area contributed by atoms with Gasteiger partial charge in [-0.2, -0.15) is 0 Å². The fourth-order valence-electron chi connectivity index (χ4n) is 4.53. The maximum Gasteiger partial charge on any atom is 0.289 e. The summed E-state index contributed by atoms with van der Waals surface area (Å²) in [4.78, 5) is 45.8. The average molecular weight is 469 g/mol. The second-order valence-electron chi connectivity index (χ2n) is 8.72. The predicted molar refractivity (Wildman–Crippen MR) is 126 cm³/mol. The maximum atomic E-state index is 13.1. The Morgan fingerprint density at radius 1 is 0.912 bits per heavy atom. The third-order valence-electron chi connectivity index (χ3n) is 6.67. The molecule has 2 fully saturated rings. The third kappa shape index (κ3) is 5.41. The van der Waals surface area contributed by atoms with Gasteiger partial charge in [-0.05, 0) is 36.8 Å². The molecule has 3 heterocycles. The summed E-state index contributed by atoms with van der Waals surface area (Å²) in [7, 11) is 1.61. The molecule has 3 amide bonds. The van der Waals surface area contributed by atoms with Crippen LogP contribution in [0.4, 0.5) is 0 Å². The molecule has 0 aliphatic carbocycles. The zero-order valence-corrected chi connectivity index (χ0v) is 19.8. The van der Waals surface area contributed by atoms with E-state index >= 15 is 0 Å². The van der Waals surface area contributed by atoms with E-state index in [9.17, 15) is 14.4 Å². The van der Waals surface area contributed by atoms with Crippen LogP contribution in [0.5, 0.6) is 5.75 Å². The largest absolute Gasteiger partial charge is 0.497 e. The molecule has 1 aromatic carbocycles. The number of carbonyl (C=O) groups excluding carboxylic acids is 3. The van der Waals surface area contributed by atoms with Gasteiger partial charge in [0.2, 0.25) is 11.8 Å². The number of hydrogen-bond acceptors (Lipinski definition) is 6. The zero-order valence-electron chi connectivity index (χ0n) is 19.8. The second-order valence-corrected chi connectivity index (χ2v) is 8.72. The van der Waals surface area contributed by atoms with Crippen molar-refractivity contribution in [2.24, 2.45) is 0 Å². The first-order valence-corrected chi connectivity index (χ1v) is 11.7. The van der Waals surface area contributed by atoms with Gasteiger partial charge in [0.05, 0.1) is 25.8 Å². The van der Waals surface area contributed by atoms with Gasteiger partial charge in [0.25, 0.3) is 5.91 Å². The number of rotatable bonds is 6. The summed E-state index contributed by atoms with van der Waals surface area (Å²) in [6.45, 7) is 6.45. The second kappa shape index (κ2) is 10.7. The van der Waals surface area contributed by atoms with Gasteiger partial charge in [0.15, 0.2) is 5.76 Å². The molecule has 2 aliphatic heterocycles. The molecule has 2 saturated heterocycles. The van der Waals surface area contributed by atoms with Crippen LogP contribution in [0.1, 0.15) is 23.0 Å². The van der Waals surface area contributed by atoms with Crippen LogP contribution >= 0.6 is 0 Å². The fraction of sp³-hybridized carbons (Fsp3) is 0.480. The summed E-state index contributed by atoms with van der Waals surface area (Å²) in [6.07, 6.45) is 1.83. The van der Waals surface area contributed by atoms with Crippen LogP contribution in [0.2, 0.25) is 0 Å². The average Bonchev–Trinajstić information content (AvgIpc) is 3.43. The number of piperazine rings is 2. The van der Waals surface area contributed by atoms with E-state index in [-0.39, 0.29) is 23.8 Å². The Hall–Kier alpha value is -3.33. The van der Waals surface area contributed by atoms with Gasteiger partial charge in [0.1, 0.15) is 5.75 Å². The molecule has 4 rings (SSSR count). The molecule has 182 valence electrons. The first-order valence-electron chi connectivity index (χ1n) is 11.7. The normalized spacial score (nSPS) is 18.0. The molecular formula is C25H32N4O5. The number of carbonyl (C=O) groups is 3. The van der Waals surface area contributed by atoms with Gasteiger partial charge in [0, 0.05) is 52.4 Å². The summed E-state index contributed by atoms with van der Waals surface area (Å²) in [6, 6.07) is 10.7. The third-order valence-corrected chi connectivity index (χ3v) is 6.67. The lowest BCUT2D eigenvalue weighted by molar-refractivity contribution is -0.139. The van der Waals surface area contributed by atoms with Crippen LogP contribution < -0.4 is 4.74 Å².